The molecule has 8 rings (SSSR count). The monoisotopic (exact) mass is 1210 g/mol. The van der Waals surface area contributed by atoms with Crippen molar-refractivity contribution in [3.8, 4) is 34.5 Å². The van der Waals surface area contributed by atoms with Crippen molar-refractivity contribution >= 4 is 58.6 Å². The second-order valence-corrected chi connectivity index (χ2v) is 22.0. The Balaban J connectivity index is 0.815. The minimum absolute atomic E-state index is 0.00826. The maximum absolute atomic E-state index is 14.0. The quantitative estimate of drug-likeness (QED) is 0.0323. The van der Waals surface area contributed by atoms with Crippen LogP contribution in [0.2, 0.25) is 10.0 Å². The Morgan fingerprint density at radius 1 is 0.384 bits per heavy atom. The average Bonchev–Trinajstić information content (AvgIpc) is 3.30. The van der Waals surface area contributed by atoms with Crippen LogP contribution < -0.4 is 49.7 Å². The fraction of sp³-hybridized carbons (Fsp3) is 0.364. The first-order valence-corrected chi connectivity index (χ1v) is 29.5. The molecular formula is C66H74Cl2N6O12. The summed E-state index contributed by atoms with van der Waals surface area (Å²) in [5.41, 5.74) is 7.40. The molecule has 20 heteroatoms. The van der Waals surface area contributed by atoms with E-state index >= 15 is 0 Å². The molecule has 0 aliphatic carbocycles. The van der Waals surface area contributed by atoms with E-state index in [0.29, 0.717) is 133 Å². The van der Waals surface area contributed by atoms with Gasteiger partial charge in [0.25, 0.3) is 23.6 Å². The van der Waals surface area contributed by atoms with E-state index in [-0.39, 0.29) is 47.2 Å². The summed E-state index contributed by atoms with van der Waals surface area (Å²) in [5.74, 6) is 0.854. The van der Waals surface area contributed by atoms with Crippen LogP contribution in [0.15, 0.2) is 97.1 Å². The number of nitrogens with zero attached hydrogens (tertiary/aromatic N) is 2. The normalized spacial score (nSPS) is 12.2. The van der Waals surface area contributed by atoms with Crippen LogP contribution in [0.1, 0.15) is 137 Å². The lowest BCUT2D eigenvalue weighted by Gasteiger charge is -2.15. The van der Waals surface area contributed by atoms with Crippen LogP contribution in [0.4, 0.5) is 0 Å². The molecule has 0 fully saturated rings. The number of fused-ring (bicyclic) bond motifs is 2. The summed E-state index contributed by atoms with van der Waals surface area (Å²) >= 11 is 12.1. The molecule has 6 aromatic rings. The average molecular weight is 1210 g/mol. The molecule has 4 N–H and O–H groups in total. The zero-order valence-electron chi connectivity index (χ0n) is 49.5. The molecule has 6 amide bonds. The van der Waals surface area contributed by atoms with Gasteiger partial charge in [-0.1, -0.05) is 73.2 Å². The molecule has 0 radical (unpaired) electrons. The first-order chi connectivity index (χ1) is 41.6. The van der Waals surface area contributed by atoms with E-state index in [0.717, 1.165) is 59.1 Å². The molecule has 0 saturated carbocycles. The fourth-order valence-electron chi connectivity index (χ4n) is 10.7. The topological polar surface area (TPSA) is 212 Å². The Bertz CT molecular complexity index is 3160. The molecule has 86 heavy (non-hydrogen) atoms. The number of halogens is 2. The van der Waals surface area contributed by atoms with Crippen LogP contribution in [-0.2, 0) is 61.7 Å². The van der Waals surface area contributed by atoms with Crippen molar-refractivity contribution < 1.29 is 57.2 Å². The molecule has 2 aliphatic rings. The van der Waals surface area contributed by atoms with E-state index in [1.165, 1.54) is 42.7 Å². The molecule has 6 aromatic carbocycles. The number of amides is 6. The highest BCUT2D eigenvalue weighted by Gasteiger charge is 2.30. The molecule has 0 atom stereocenters. The Labute approximate surface area is 512 Å². The fourth-order valence-corrected chi connectivity index (χ4v) is 11.0. The van der Waals surface area contributed by atoms with Gasteiger partial charge < -0.3 is 59.5 Å². The van der Waals surface area contributed by atoms with E-state index in [2.05, 4.69) is 21.3 Å². The lowest BCUT2D eigenvalue weighted by atomic mass is 9.98. The van der Waals surface area contributed by atoms with Crippen LogP contribution >= 0.6 is 23.2 Å². The van der Waals surface area contributed by atoms with Gasteiger partial charge in [0.1, 0.15) is 0 Å². The lowest BCUT2D eigenvalue weighted by molar-refractivity contribution is -0.132. The van der Waals surface area contributed by atoms with E-state index in [1.807, 2.05) is 24.3 Å². The van der Waals surface area contributed by atoms with E-state index in [9.17, 15) is 28.8 Å². The molecule has 454 valence electrons. The maximum atomic E-state index is 14.0. The summed E-state index contributed by atoms with van der Waals surface area (Å²) in [5, 5.41) is 13.1. The predicted octanol–water partition coefficient (Wildman–Crippen LogP) is 10.4. The molecular weight excluding hydrogens is 1140 g/mol. The third-order valence-electron chi connectivity index (χ3n) is 15.4. The second-order valence-electron chi connectivity index (χ2n) is 21.2. The smallest absolute Gasteiger partial charge is 0.252 e. The van der Waals surface area contributed by atoms with E-state index < -0.39 is 23.6 Å². The van der Waals surface area contributed by atoms with Crippen LogP contribution in [0.5, 0.6) is 34.5 Å². The molecule has 0 bridgehead atoms. The lowest BCUT2D eigenvalue weighted by Crippen LogP contribution is -2.30. The number of ether oxygens (including phenoxy) is 6. The maximum Gasteiger partial charge on any atom is 0.252 e. The number of rotatable bonds is 29. The second kappa shape index (κ2) is 30.6. The molecule has 2 aliphatic heterocycles. The summed E-state index contributed by atoms with van der Waals surface area (Å²) in [6.45, 7) is 2.12. The summed E-state index contributed by atoms with van der Waals surface area (Å²) < 4.78 is 32.9. The van der Waals surface area contributed by atoms with Gasteiger partial charge in [-0.15, -0.1) is 0 Å². The SMILES string of the molecule is COc1cc(CNC(=O)c2cc3c(cc2C(=O)NCCc2ccc(Cl)cc2)CN(C(=O)CCCCCCCCC(=O)N2Cc4cc(C(=O)NCCc5ccc(Cl)cc5)c(C(=O)NCc5cc(OC)c(OC)c(OC)c5)cc4C2)C3)cc(OC)c1OC. The molecule has 0 unspecified atom stereocenters. The molecule has 2 heterocycles. The van der Waals surface area contributed by atoms with Crippen molar-refractivity contribution in [3.63, 3.8) is 0 Å². The number of hydrogen-bond donors (Lipinski definition) is 4. The van der Waals surface area contributed by atoms with Crippen LogP contribution in [0.25, 0.3) is 0 Å². The summed E-state index contributed by atoms with van der Waals surface area (Å²) in [4.78, 5) is 86.6. The zero-order valence-corrected chi connectivity index (χ0v) is 51.0. The molecule has 18 nitrogen and oxygen atoms in total. The van der Waals surface area contributed by atoms with Gasteiger partial charge in [0.05, 0.1) is 64.9 Å². The predicted molar refractivity (Wildman–Crippen MR) is 328 cm³/mol. The van der Waals surface area contributed by atoms with Crippen molar-refractivity contribution in [3.05, 3.63) is 174 Å². The van der Waals surface area contributed by atoms with Gasteiger partial charge in [0, 0.05) is 75.2 Å². The highest BCUT2D eigenvalue weighted by Crippen LogP contribution is 2.40. The summed E-state index contributed by atoms with van der Waals surface area (Å²) in [7, 11) is 9.08. The van der Waals surface area contributed by atoms with Crippen molar-refractivity contribution in [1.29, 1.82) is 0 Å². The first kappa shape index (κ1) is 63.5. The van der Waals surface area contributed by atoms with Crippen molar-refractivity contribution in [1.82, 2.24) is 31.1 Å². The van der Waals surface area contributed by atoms with Gasteiger partial charge >= 0.3 is 0 Å². The highest BCUT2D eigenvalue weighted by molar-refractivity contribution is 6.30. The summed E-state index contributed by atoms with van der Waals surface area (Å²) in [6.07, 6.45) is 6.69. The minimum atomic E-state index is -0.456. The molecule has 0 spiro atoms. The third-order valence-corrected chi connectivity index (χ3v) is 15.9. The van der Waals surface area contributed by atoms with Gasteiger partial charge in [0.15, 0.2) is 23.0 Å². The zero-order chi connectivity index (χ0) is 61.3. The Kier molecular flexibility index (Phi) is 22.6. The molecule has 0 saturated heterocycles. The van der Waals surface area contributed by atoms with Crippen molar-refractivity contribution in [2.75, 3.05) is 55.7 Å². The van der Waals surface area contributed by atoms with Crippen LogP contribution in [0, 0.1) is 0 Å². The van der Waals surface area contributed by atoms with Crippen molar-refractivity contribution in [2.45, 2.75) is 103 Å². The number of benzene rings is 6. The highest BCUT2D eigenvalue weighted by atomic mass is 35.5. The van der Waals surface area contributed by atoms with Crippen LogP contribution in [-0.4, -0.2) is 101 Å². The van der Waals surface area contributed by atoms with Gasteiger partial charge in [-0.3, -0.25) is 28.8 Å². The van der Waals surface area contributed by atoms with Gasteiger partial charge in [-0.25, -0.2) is 0 Å². The number of carbonyl (C=O) groups is 6. The Morgan fingerprint density at radius 3 is 0.965 bits per heavy atom. The summed E-state index contributed by atoms with van der Waals surface area (Å²) in [6, 6.07) is 28.7. The third kappa shape index (κ3) is 16.3. The number of nitrogens with one attached hydrogen (secondary N) is 4. The van der Waals surface area contributed by atoms with Gasteiger partial charge in [-0.2, -0.15) is 0 Å². The largest absolute Gasteiger partial charge is 0.493 e. The Morgan fingerprint density at radius 2 is 0.674 bits per heavy atom. The van der Waals surface area contributed by atoms with E-state index in [4.69, 9.17) is 51.6 Å². The van der Waals surface area contributed by atoms with E-state index in [1.54, 1.807) is 82.6 Å². The number of hydrogen-bond acceptors (Lipinski definition) is 12. The number of carbonyl (C=O) groups excluding carboxylic acids is 6. The molecule has 0 aromatic heterocycles. The first-order valence-electron chi connectivity index (χ1n) is 28.7. The van der Waals surface area contributed by atoms with Gasteiger partial charge in [0.2, 0.25) is 23.3 Å². The van der Waals surface area contributed by atoms with Gasteiger partial charge in [-0.05, 0) is 143 Å². The number of methoxy groups -OCH3 is 6. The minimum Gasteiger partial charge on any atom is -0.493 e. The standard InChI is InChI=1S/C66H74Cl2N6O12/c1-81-55-27-43(28-56(82-2)61(55)85-5)35-71-65(79)53-33-47-39-73(37-45(47)31-51(53)63(77)69-25-23-41-15-19-49(67)20-16-41)59(75)13-11-9-7-8-10-12-14-60(76)74-38-46-32-52(64(78)70-26-24-42-17-21-50(68)22-18-42)54(34-48(46)40-74)66(80)72-36-44-29-57(83-3)62(86-6)58(30-44)84-4/h15-22,27-34H,7-14,23-26,35-40H2,1-6H3,(H,69,77)(H,70,78)(H,71,79)(H,72,80). The number of unbranched alkanes of at least 4 members (excludes halogenated alkanes) is 5. The van der Waals surface area contributed by atoms with Crippen molar-refractivity contribution in [2.24, 2.45) is 0 Å². The van der Waals surface area contributed by atoms with Crippen LogP contribution in [0.3, 0.4) is 0 Å². The Hall–Kier alpha value is -8.48.